The number of fused-ring (bicyclic) bond motifs is 1. The topological polar surface area (TPSA) is 79.9 Å². The molecule has 0 atom stereocenters. The molecule has 124 valence electrons. The van der Waals surface area contributed by atoms with Crippen LogP contribution in [-0.4, -0.2) is 34.3 Å². The summed E-state index contributed by atoms with van der Waals surface area (Å²) in [4.78, 5) is 16.1. The summed E-state index contributed by atoms with van der Waals surface area (Å²) < 4.78 is 5.05. The van der Waals surface area contributed by atoms with Crippen molar-refractivity contribution in [2.45, 2.75) is 19.8 Å². The number of aromatic nitrogens is 3. The summed E-state index contributed by atoms with van der Waals surface area (Å²) in [5.74, 6) is 0.567. The zero-order valence-corrected chi connectivity index (χ0v) is 13.6. The molecular weight excluding hydrogens is 304 g/mol. The molecule has 0 saturated carbocycles. The van der Waals surface area contributed by atoms with Crippen molar-refractivity contribution in [3.05, 3.63) is 53.9 Å². The van der Waals surface area contributed by atoms with Gasteiger partial charge in [0.15, 0.2) is 0 Å². The number of nitrogens with one attached hydrogen (secondary N) is 2. The van der Waals surface area contributed by atoms with Gasteiger partial charge in [-0.15, -0.1) is 0 Å². The molecule has 0 aliphatic carbocycles. The predicted octanol–water partition coefficient (Wildman–Crippen LogP) is 3.18. The van der Waals surface area contributed by atoms with Crippen LogP contribution in [0.2, 0.25) is 0 Å². The van der Waals surface area contributed by atoms with E-state index in [1.54, 1.807) is 19.2 Å². The highest BCUT2D eigenvalue weighted by atomic mass is 16.5. The molecular formula is C18H20N4O2. The molecule has 0 aliphatic heterocycles. The molecule has 0 aliphatic rings. The van der Waals surface area contributed by atoms with Crippen LogP contribution < -0.4 is 5.32 Å². The van der Waals surface area contributed by atoms with Gasteiger partial charge in [-0.1, -0.05) is 6.07 Å². The van der Waals surface area contributed by atoms with Gasteiger partial charge in [0, 0.05) is 18.1 Å². The summed E-state index contributed by atoms with van der Waals surface area (Å²) in [6, 6.07) is 11.2. The number of carbonyl (C=O) groups excluding carboxylic acids is 1. The van der Waals surface area contributed by atoms with Gasteiger partial charge in [0.25, 0.3) is 0 Å². The molecule has 0 spiro atoms. The van der Waals surface area contributed by atoms with Gasteiger partial charge >= 0.3 is 5.97 Å². The summed E-state index contributed by atoms with van der Waals surface area (Å²) in [5.41, 5.74) is 2.44. The largest absolute Gasteiger partial charge is 0.462 e. The fourth-order valence-corrected chi connectivity index (χ4v) is 2.54. The third-order valence-electron chi connectivity index (χ3n) is 3.71. The summed E-state index contributed by atoms with van der Waals surface area (Å²) in [7, 11) is 0. The number of rotatable bonds is 7. The smallest absolute Gasteiger partial charge is 0.338 e. The molecule has 3 aromatic rings. The van der Waals surface area contributed by atoms with E-state index in [2.05, 4.69) is 20.5 Å². The first-order chi connectivity index (χ1) is 11.8. The number of H-pyrrole nitrogens is 1. The molecule has 0 unspecified atom stereocenters. The van der Waals surface area contributed by atoms with Crippen LogP contribution in [0.4, 0.5) is 5.82 Å². The van der Waals surface area contributed by atoms with Gasteiger partial charge in [-0.2, -0.15) is 5.10 Å². The molecule has 3 rings (SSSR count). The van der Waals surface area contributed by atoms with E-state index in [1.165, 1.54) is 0 Å². The van der Waals surface area contributed by atoms with Crippen molar-refractivity contribution in [1.29, 1.82) is 0 Å². The van der Waals surface area contributed by atoms with Crippen molar-refractivity contribution in [3.8, 4) is 0 Å². The Morgan fingerprint density at radius 2 is 2.21 bits per heavy atom. The molecule has 24 heavy (non-hydrogen) atoms. The van der Waals surface area contributed by atoms with Crippen LogP contribution in [0, 0.1) is 0 Å². The molecule has 0 bridgehead atoms. The molecule has 2 aromatic heterocycles. The Kier molecular flexibility index (Phi) is 5.05. The van der Waals surface area contributed by atoms with Gasteiger partial charge in [0.05, 0.1) is 23.4 Å². The quantitative estimate of drug-likeness (QED) is 0.515. The van der Waals surface area contributed by atoms with Crippen molar-refractivity contribution in [3.63, 3.8) is 0 Å². The number of hydrogen-bond donors (Lipinski definition) is 2. The van der Waals surface area contributed by atoms with E-state index >= 15 is 0 Å². The van der Waals surface area contributed by atoms with E-state index in [0.29, 0.717) is 12.2 Å². The summed E-state index contributed by atoms with van der Waals surface area (Å²) in [6.07, 6.45) is 3.49. The highest BCUT2D eigenvalue weighted by Crippen LogP contribution is 2.19. The zero-order valence-electron chi connectivity index (χ0n) is 13.6. The number of nitrogens with zero attached hydrogens (tertiary/aromatic N) is 2. The molecule has 6 heteroatoms. The Bertz CT molecular complexity index is 814. The van der Waals surface area contributed by atoms with Gasteiger partial charge < -0.3 is 10.1 Å². The SMILES string of the molecule is CCOC(=O)c1ccc2[nH]nc(CCCNc3ccccn3)c2c1. The Hall–Kier alpha value is -2.89. The zero-order chi connectivity index (χ0) is 16.8. The maximum atomic E-state index is 11.9. The van der Waals surface area contributed by atoms with E-state index in [1.807, 2.05) is 30.3 Å². The first kappa shape index (κ1) is 16.0. The first-order valence-electron chi connectivity index (χ1n) is 8.07. The van der Waals surface area contributed by atoms with Crippen LogP contribution in [0.5, 0.6) is 0 Å². The number of benzene rings is 1. The Morgan fingerprint density at radius 1 is 1.29 bits per heavy atom. The van der Waals surface area contributed by atoms with Crippen LogP contribution >= 0.6 is 0 Å². The number of hydrogen-bond acceptors (Lipinski definition) is 5. The highest BCUT2D eigenvalue weighted by Gasteiger charge is 2.11. The second kappa shape index (κ2) is 7.59. The Labute approximate surface area is 140 Å². The van der Waals surface area contributed by atoms with Crippen molar-refractivity contribution < 1.29 is 9.53 Å². The normalized spacial score (nSPS) is 10.7. The van der Waals surface area contributed by atoms with Crippen molar-refractivity contribution >= 4 is 22.7 Å². The monoisotopic (exact) mass is 324 g/mol. The summed E-state index contributed by atoms with van der Waals surface area (Å²) in [5, 5.41) is 11.6. The lowest BCUT2D eigenvalue weighted by atomic mass is 10.1. The average Bonchev–Trinajstić information content (AvgIpc) is 3.02. The highest BCUT2D eigenvalue weighted by molar-refractivity contribution is 5.95. The lowest BCUT2D eigenvalue weighted by Gasteiger charge is -2.04. The van der Waals surface area contributed by atoms with Crippen molar-refractivity contribution in [2.75, 3.05) is 18.5 Å². The fourth-order valence-electron chi connectivity index (χ4n) is 2.54. The third-order valence-corrected chi connectivity index (χ3v) is 3.71. The molecule has 0 radical (unpaired) electrons. The molecule has 6 nitrogen and oxygen atoms in total. The number of ether oxygens (including phenoxy) is 1. The van der Waals surface area contributed by atoms with Gasteiger partial charge in [0.2, 0.25) is 0 Å². The predicted molar refractivity (Wildman–Crippen MR) is 93.1 cm³/mol. The van der Waals surface area contributed by atoms with Crippen molar-refractivity contribution in [1.82, 2.24) is 15.2 Å². The van der Waals surface area contributed by atoms with Gasteiger partial charge in [-0.05, 0) is 50.1 Å². The summed E-state index contributed by atoms with van der Waals surface area (Å²) >= 11 is 0. The summed E-state index contributed by atoms with van der Waals surface area (Å²) in [6.45, 7) is 2.98. The van der Waals surface area contributed by atoms with Crippen LogP contribution in [0.3, 0.4) is 0 Å². The number of esters is 1. The number of pyridine rings is 1. The van der Waals surface area contributed by atoms with Crippen LogP contribution in [-0.2, 0) is 11.2 Å². The van der Waals surface area contributed by atoms with Crippen LogP contribution in [0.15, 0.2) is 42.6 Å². The Morgan fingerprint density at radius 3 is 3.00 bits per heavy atom. The Balaban J connectivity index is 1.64. The minimum atomic E-state index is -0.302. The second-order valence-electron chi connectivity index (χ2n) is 5.40. The number of anilines is 1. The van der Waals surface area contributed by atoms with Gasteiger partial charge in [0.1, 0.15) is 5.82 Å². The fraction of sp³-hybridized carbons (Fsp3) is 0.278. The minimum Gasteiger partial charge on any atom is -0.462 e. The number of aromatic amines is 1. The van der Waals surface area contributed by atoms with E-state index in [9.17, 15) is 4.79 Å². The lowest BCUT2D eigenvalue weighted by Crippen LogP contribution is -2.05. The third kappa shape index (κ3) is 3.71. The second-order valence-corrected chi connectivity index (χ2v) is 5.40. The minimum absolute atomic E-state index is 0.302. The van der Waals surface area contributed by atoms with E-state index < -0.39 is 0 Å². The van der Waals surface area contributed by atoms with E-state index in [4.69, 9.17) is 4.74 Å². The maximum Gasteiger partial charge on any atom is 0.338 e. The molecule has 0 saturated heterocycles. The lowest BCUT2D eigenvalue weighted by molar-refractivity contribution is 0.0526. The standard InChI is InChI=1S/C18H20N4O2/c1-2-24-18(23)13-8-9-16-14(12-13)15(21-22-16)6-5-11-20-17-7-3-4-10-19-17/h3-4,7-10,12H,2,5-6,11H2,1H3,(H,19,20)(H,21,22). The number of aryl methyl sites for hydroxylation is 1. The van der Waals surface area contributed by atoms with Gasteiger partial charge in [-0.3, -0.25) is 5.10 Å². The van der Waals surface area contributed by atoms with Crippen molar-refractivity contribution in [2.24, 2.45) is 0 Å². The molecule has 2 heterocycles. The van der Waals surface area contributed by atoms with Crippen LogP contribution in [0.25, 0.3) is 10.9 Å². The molecule has 0 fully saturated rings. The molecule has 1 aromatic carbocycles. The van der Waals surface area contributed by atoms with Crippen LogP contribution in [0.1, 0.15) is 29.4 Å². The van der Waals surface area contributed by atoms with E-state index in [0.717, 1.165) is 41.8 Å². The maximum absolute atomic E-state index is 11.9. The average molecular weight is 324 g/mol. The van der Waals surface area contributed by atoms with Gasteiger partial charge in [-0.25, -0.2) is 9.78 Å². The molecule has 2 N–H and O–H groups in total. The first-order valence-corrected chi connectivity index (χ1v) is 8.07. The number of carbonyl (C=O) groups is 1. The molecule has 0 amide bonds. The van der Waals surface area contributed by atoms with E-state index in [-0.39, 0.29) is 5.97 Å².